The predicted molar refractivity (Wildman–Crippen MR) is 97.1 cm³/mol. The molecule has 0 aliphatic heterocycles. The van der Waals surface area contributed by atoms with Crippen molar-refractivity contribution in [1.29, 1.82) is 0 Å². The summed E-state index contributed by atoms with van der Waals surface area (Å²) < 4.78 is 9.95. The Hall–Kier alpha value is -2.89. The minimum Gasteiger partial charge on any atom is -0.452 e. The molecule has 1 unspecified atom stereocenters. The van der Waals surface area contributed by atoms with Crippen molar-refractivity contribution in [3.63, 3.8) is 0 Å². The molecule has 26 heavy (non-hydrogen) atoms. The summed E-state index contributed by atoms with van der Waals surface area (Å²) in [4.78, 5) is 35.5. The maximum atomic E-state index is 12.2. The van der Waals surface area contributed by atoms with Gasteiger partial charge in [0.05, 0.1) is 6.04 Å². The van der Waals surface area contributed by atoms with Crippen LogP contribution in [0, 0.1) is 13.8 Å². The van der Waals surface area contributed by atoms with Crippen LogP contribution in [0.25, 0.3) is 0 Å². The van der Waals surface area contributed by atoms with Crippen LogP contribution in [0.15, 0.2) is 39.5 Å². The zero-order valence-corrected chi connectivity index (χ0v) is 15.4. The van der Waals surface area contributed by atoms with E-state index in [0.717, 1.165) is 12.0 Å². The monoisotopic (exact) mass is 357 g/mol. The number of ether oxygens (including phenoxy) is 1. The first-order valence-electron chi connectivity index (χ1n) is 8.48. The Labute approximate surface area is 152 Å². The molecule has 1 amide bonds. The molecular formula is C20H23NO5. The van der Waals surface area contributed by atoms with Gasteiger partial charge in [0.2, 0.25) is 0 Å². The van der Waals surface area contributed by atoms with E-state index >= 15 is 0 Å². The SMILES string of the molecule is CCc1ccc(C(C)NC(=O)COC(=O)c2c(C)cc(=O)oc2C)cc1. The third-order valence-electron chi connectivity index (χ3n) is 4.14. The average Bonchev–Trinajstić information content (AvgIpc) is 2.59. The van der Waals surface area contributed by atoms with Gasteiger partial charge in [-0.1, -0.05) is 31.2 Å². The molecule has 0 aliphatic carbocycles. The van der Waals surface area contributed by atoms with E-state index in [2.05, 4.69) is 12.2 Å². The standard InChI is InChI=1S/C20H23NO5/c1-5-15-6-8-16(9-7-15)13(3)21-17(22)11-25-20(24)19-12(2)10-18(23)26-14(19)4/h6-10,13H,5,11H2,1-4H3,(H,21,22). The Morgan fingerprint density at radius 3 is 2.42 bits per heavy atom. The minimum atomic E-state index is -0.696. The van der Waals surface area contributed by atoms with E-state index < -0.39 is 24.1 Å². The van der Waals surface area contributed by atoms with Crippen LogP contribution in [0.4, 0.5) is 0 Å². The first-order chi connectivity index (χ1) is 12.3. The lowest BCUT2D eigenvalue weighted by Gasteiger charge is -2.15. The first-order valence-corrected chi connectivity index (χ1v) is 8.48. The second kappa shape index (κ2) is 8.47. The van der Waals surface area contributed by atoms with Crippen molar-refractivity contribution in [3.8, 4) is 0 Å². The molecule has 0 fully saturated rings. The number of carbonyl (C=O) groups is 2. The number of hydrogen-bond acceptors (Lipinski definition) is 5. The number of nitrogens with one attached hydrogen (secondary N) is 1. The topological polar surface area (TPSA) is 85.6 Å². The van der Waals surface area contributed by atoms with Crippen molar-refractivity contribution in [3.05, 3.63) is 68.8 Å². The van der Waals surface area contributed by atoms with Gasteiger partial charge in [-0.05, 0) is 43.9 Å². The maximum absolute atomic E-state index is 12.2. The molecule has 0 saturated carbocycles. The fourth-order valence-corrected chi connectivity index (χ4v) is 2.67. The number of rotatable bonds is 6. The minimum absolute atomic E-state index is 0.167. The molecule has 0 spiro atoms. The molecule has 0 saturated heterocycles. The van der Waals surface area contributed by atoms with Crippen LogP contribution in [-0.4, -0.2) is 18.5 Å². The summed E-state index contributed by atoms with van der Waals surface area (Å²) in [6, 6.07) is 8.99. The van der Waals surface area contributed by atoms with Crippen molar-refractivity contribution >= 4 is 11.9 Å². The van der Waals surface area contributed by atoms with Crippen LogP contribution in [0.3, 0.4) is 0 Å². The number of carbonyl (C=O) groups excluding carboxylic acids is 2. The van der Waals surface area contributed by atoms with E-state index in [1.54, 1.807) is 6.92 Å². The van der Waals surface area contributed by atoms with E-state index in [0.29, 0.717) is 5.56 Å². The number of benzene rings is 1. The summed E-state index contributed by atoms with van der Waals surface area (Å²) in [6.45, 7) is 6.65. The Bertz CT molecular complexity index is 825. The van der Waals surface area contributed by atoms with E-state index in [4.69, 9.17) is 9.15 Å². The fourth-order valence-electron chi connectivity index (χ4n) is 2.67. The van der Waals surface area contributed by atoms with E-state index in [-0.39, 0.29) is 17.4 Å². The summed E-state index contributed by atoms with van der Waals surface area (Å²) in [5.74, 6) is -0.929. The lowest BCUT2D eigenvalue weighted by Crippen LogP contribution is -2.31. The molecule has 6 heteroatoms. The quantitative estimate of drug-likeness (QED) is 0.804. The van der Waals surface area contributed by atoms with Crippen molar-refractivity contribution in [2.45, 2.75) is 40.2 Å². The van der Waals surface area contributed by atoms with Gasteiger partial charge >= 0.3 is 11.6 Å². The van der Waals surface area contributed by atoms with Gasteiger partial charge in [0.15, 0.2) is 6.61 Å². The number of esters is 1. The van der Waals surface area contributed by atoms with Crippen LogP contribution >= 0.6 is 0 Å². The van der Waals surface area contributed by atoms with E-state index in [1.807, 2.05) is 31.2 Å². The van der Waals surface area contributed by atoms with Gasteiger partial charge in [-0.15, -0.1) is 0 Å². The molecule has 2 rings (SSSR count). The molecule has 1 aromatic carbocycles. The number of aryl methyl sites for hydroxylation is 3. The smallest absolute Gasteiger partial charge is 0.342 e. The van der Waals surface area contributed by atoms with Gasteiger partial charge in [0.1, 0.15) is 11.3 Å². The maximum Gasteiger partial charge on any atom is 0.342 e. The number of hydrogen-bond donors (Lipinski definition) is 1. The van der Waals surface area contributed by atoms with Gasteiger partial charge in [-0.3, -0.25) is 4.79 Å². The molecule has 0 radical (unpaired) electrons. The van der Waals surface area contributed by atoms with Crippen LogP contribution < -0.4 is 10.9 Å². The number of amides is 1. The average molecular weight is 357 g/mol. The van der Waals surface area contributed by atoms with Gasteiger partial charge in [0, 0.05) is 6.07 Å². The Kier molecular flexibility index (Phi) is 6.33. The third-order valence-corrected chi connectivity index (χ3v) is 4.14. The van der Waals surface area contributed by atoms with Crippen LogP contribution in [0.1, 0.15) is 52.7 Å². The van der Waals surface area contributed by atoms with Gasteiger partial charge in [0.25, 0.3) is 5.91 Å². The predicted octanol–water partition coefficient (Wildman–Crippen LogP) is 2.85. The van der Waals surface area contributed by atoms with Gasteiger partial charge in [-0.25, -0.2) is 9.59 Å². The van der Waals surface area contributed by atoms with E-state index in [9.17, 15) is 14.4 Å². The third kappa shape index (κ3) is 4.81. The normalized spacial score (nSPS) is 11.7. The Morgan fingerprint density at radius 1 is 1.19 bits per heavy atom. The zero-order chi connectivity index (χ0) is 19.3. The second-order valence-corrected chi connectivity index (χ2v) is 6.14. The molecule has 1 aromatic heterocycles. The van der Waals surface area contributed by atoms with Gasteiger partial charge < -0.3 is 14.5 Å². The molecular weight excluding hydrogens is 334 g/mol. The summed E-state index contributed by atoms with van der Waals surface area (Å²) in [5.41, 5.74) is 2.28. The first kappa shape index (κ1) is 19.4. The Balaban J connectivity index is 1.93. The highest BCUT2D eigenvalue weighted by Crippen LogP contribution is 2.14. The fraction of sp³-hybridized carbons (Fsp3) is 0.350. The zero-order valence-electron chi connectivity index (χ0n) is 15.4. The van der Waals surface area contributed by atoms with Crippen LogP contribution in [-0.2, 0) is 16.0 Å². The van der Waals surface area contributed by atoms with Crippen molar-refractivity contribution in [2.24, 2.45) is 0 Å². The van der Waals surface area contributed by atoms with Gasteiger partial charge in [-0.2, -0.15) is 0 Å². The van der Waals surface area contributed by atoms with Crippen molar-refractivity contribution < 1.29 is 18.7 Å². The van der Waals surface area contributed by atoms with Crippen LogP contribution in [0.5, 0.6) is 0 Å². The molecule has 0 aliphatic rings. The second-order valence-electron chi connectivity index (χ2n) is 6.14. The molecule has 0 bridgehead atoms. The Morgan fingerprint density at radius 2 is 1.85 bits per heavy atom. The molecule has 1 N–H and O–H groups in total. The highest BCUT2D eigenvalue weighted by molar-refractivity contribution is 5.93. The summed E-state index contributed by atoms with van der Waals surface area (Å²) in [6.07, 6.45) is 0.954. The molecule has 138 valence electrons. The van der Waals surface area contributed by atoms with Crippen LogP contribution in [0.2, 0.25) is 0 Å². The highest BCUT2D eigenvalue weighted by Gasteiger charge is 2.18. The lowest BCUT2D eigenvalue weighted by molar-refractivity contribution is -0.124. The molecule has 2 aromatic rings. The highest BCUT2D eigenvalue weighted by atomic mass is 16.5. The van der Waals surface area contributed by atoms with E-state index in [1.165, 1.54) is 18.6 Å². The van der Waals surface area contributed by atoms with Crippen molar-refractivity contribution in [1.82, 2.24) is 5.32 Å². The summed E-state index contributed by atoms with van der Waals surface area (Å²) in [5, 5.41) is 2.79. The molecule has 1 atom stereocenters. The summed E-state index contributed by atoms with van der Waals surface area (Å²) >= 11 is 0. The largest absolute Gasteiger partial charge is 0.452 e. The lowest BCUT2D eigenvalue weighted by atomic mass is 10.1. The molecule has 6 nitrogen and oxygen atoms in total. The molecule has 1 heterocycles. The van der Waals surface area contributed by atoms with Crippen molar-refractivity contribution in [2.75, 3.05) is 6.61 Å². The summed E-state index contributed by atoms with van der Waals surface area (Å²) in [7, 11) is 0.